The summed E-state index contributed by atoms with van der Waals surface area (Å²) >= 11 is 0. The summed E-state index contributed by atoms with van der Waals surface area (Å²) in [5.74, 6) is -0.231. The van der Waals surface area contributed by atoms with Crippen LogP contribution in [0.3, 0.4) is 0 Å². The highest BCUT2D eigenvalue weighted by molar-refractivity contribution is 7.61. The van der Waals surface area contributed by atoms with E-state index in [1.807, 2.05) is 6.92 Å². The predicted octanol–water partition coefficient (Wildman–Crippen LogP) is 8.75. The van der Waals surface area contributed by atoms with Crippen LogP contribution < -0.4 is 20.7 Å². The van der Waals surface area contributed by atoms with E-state index in [-0.39, 0.29) is 41.6 Å². The molecule has 1 aliphatic rings. The lowest BCUT2D eigenvalue weighted by Crippen LogP contribution is -2.33. The van der Waals surface area contributed by atoms with Crippen molar-refractivity contribution in [1.29, 1.82) is 0 Å². The molecule has 326 valence electrons. The number of azide groups is 1. The molecule has 21 heteroatoms. The Hall–Kier alpha value is -4.67. The fourth-order valence-corrected chi connectivity index (χ4v) is 8.24. The number of nitrogens with one attached hydrogen (secondary N) is 1. The highest BCUT2D eigenvalue weighted by atomic mass is 31.3. The van der Waals surface area contributed by atoms with Crippen LogP contribution >= 0.6 is 15.6 Å². The van der Waals surface area contributed by atoms with Crippen LogP contribution in [0.4, 0.5) is 0 Å². The maximum Gasteiger partial charge on any atom is 0.484 e. The van der Waals surface area contributed by atoms with Gasteiger partial charge in [0.25, 0.3) is 5.56 Å². The second-order valence-electron chi connectivity index (χ2n) is 13.8. The largest absolute Gasteiger partial charge is 0.484 e. The number of phosphoric acid groups is 2. The molecule has 0 radical (unpaired) electrons. The normalized spacial score (nSPS) is 16.9. The lowest BCUT2D eigenvalue weighted by atomic mass is 10.1. The minimum absolute atomic E-state index is 0.125. The predicted molar refractivity (Wildman–Crippen MR) is 218 cm³/mol. The number of H-pyrrole nitrogens is 1. The number of rotatable bonds is 26. The molecule has 0 amide bonds. The van der Waals surface area contributed by atoms with Crippen molar-refractivity contribution in [2.24, 2.45) is 5.11 Å². The number of aryl methyl sites for hydroxylation is 1. The van der Waals surface area contributed by atoms with Gasteiger partial charge < -0.3 is 19.1 Å². The smallest absolute Gasteiger partial charge is 0.427 e. The molecule has 2 aromatic carbocycles. The topological polar surface area (TPSA) is 257 Å². The van der Waals surface area contributed by atoms with Crippen molar-refractivity contribution < 1.29 is 55.7 Å². The Bertz CT molecular complexity index is 2190. The molecule has 0 spiro atoms. The summed E-state index contributed by atoms with van der Waals surface area (Å²) in [6.45, 7) is 3.84. The quantitative estimate of drug-likeness (QED) is 0.0145. The third-order valence-electron chi connectivity index (χ3n) is 8.93. The van der Waals surface area contributed by atoms with Gasteiger partial charge in [0.15, 0.2) is 6.23 Å². The number of benzene rings is 2. The summed E-state index contributed by atoms with van der Waals surface area (Å²) in [5, 5.41) is 3.51. The Balaban J connectivity index is 1.41. The monoisotopic (exact) mass is 875 g/mol. The molecule has 60 heavy (non-hydrogen) atoms. The lowest BCUT2D eigenvalue weighted by Gasteiger charge is -2.22. The van der Waals surface area contributed by atoms with Gasteiger partial charge >= 0.3 is 33.3 Å². The molecule has 0 saturated heterocycles. The van der Waals surface area contributed by atoms with E-state index >= 15 is 0 Å². The molecule has 0 saturated carbocycles. The zero-order valence-corrected chi connectivity index (χ0v) is 35.6. The summed E-state index contributed by atoms with van der Waals surface area (Å²) in [6, 6.07) is 12.1. The van der Waals surface area contributed by atoms with Gasteiger partial charge in [0.1, 0.15) is 17.6 Å². The molecule has 1 aliphatic heterocycles. The Kier molecular flexibility index (Phi) is 19.2. The van der Waals surface area contributed by atoms with Crippen molar-refractivity contribution in [3.63, 3.8) is 0 Å². The molecule has 0 fully saturated rings. The van der Waals surface area contributed by atoms with Crippen LogP contribution in [0, 0.1) is 6.92 Å². The number of hydrogen-bond acceptors (Lipinski definition) is 14. The minimum atomic E-state index is -5.33. The third-order valence-corrected chi connectivity index (χ3v) is 11.9. The molecule has 2 N–H and O–H groups in total. The van der Waals surface area contributed by atoms with Crippen LogP contribution in [-0.4, -0.2) is 39.1 Å². The SMILES string of the molecule is CCCCCCCCCC(=O)Oc1ccc(COP(=O)(OCc2ccc(OC(=O)CCCC)cc2)OP(=O)(O)OCC2O[C@@H](n3cc(C)c(=O)[nH]c3=O)C=C2N=[N+]=[N-])cc1. The van der Waals surface area contributed by atoms with Gasteiger partial charge in [0.05, 0.1) is 19.8 Å². The van der Waals surface area contributed by atoms with E-state index in [0.717, 1.165) is 36.7 Å². The third kappa shape index (κ3) is 16.1. The number of ether oxygens (including phenoxy) is 3. The summed E-state index contributed by atoms with van der Waals surface area (Å²) in [6.07, 6.45) is 9.38. The van der Waals surface area contributed by atoms with Crippen molar-refractivity contribution in [2.75, 3.05) is 6.61 Å². The van der Waals surface area contributed by atoms with Crippen molar-refractivity contribution in [3.05, 3.63) is 114 Å². The first kappa shape index (κ1) is 48.0. The Morgan fingerprint density at radius 3 is 1.92 bits per heavy atom. The van der Waals surface area contributed by atoms with Crippen molar-refractivity contribution >= 4 is 27.6 Å². The van der Waals surface area contributed by atoms with Crippen LogP contribution in [0.2, 0.25) is 0 Å². The number of hydrogen-bond donors (Lipinski definition) is 2. The highest BCUT2D eigenvalue weighted by Gasteiger charge is 2.40. The molecule has 4 atom stereocenters. The number of nitrogens with zero attached hydrogens (tertiary/aromatic N) is 4. The molecule has 4 rings (SSSR count). The van der Waals surface area contributed by atoms with Gasteiger partial charge in [-0.05, 0) is 66.8 Å². The average molecular weight is 876 g/mol. The molecule has 1 aromatic heterocycles. The van der Waals surface area contributed by atoms with Crippen LogP contribution in [-0.2, 0) is 54.6 Å². The molecular formula is C39H51N5O14P2. The number of phosphoric ester groups is 2. The fourth-order valence-electron chi connectivity index (χ4n) is 5.65. The second kappa shape index (κ2) is 23.9. The van der Waals surface area contributed by atoms with Gasteiger partial charge in [-0.3, -0.25) is 37.5 Å². The maximum absolute atomic E-state index is 14.0. The molecule has 3 unspecified atom stereocenters. The van der Waals surface area contributed by atoms with Crippen molar-refractivity contribution in [1.82, 2.24) is 9.55 Å². The Morgan fingerprint density at radius 2 is 1.37 bits per heavy atom. The van der Waals surface area contributed by atoms with E-state index in [0.29, 0.717) is 17.5 Å². The minimum Gasteiger partial charge on any atom is -0.427 e. The van der Waals surface area contributed by atoms with E-state index in [1.165, 1.54) is 87.0 Å². The summed E-state index contributed by atoms with van der Waals surface area (Å²) < 4.78 is 65.9. The highest BCUT2D eigenvalue weighted by Crippen LogP contribution is 2.64. The number of esters is 2. The van der Waals surface area contributed by atoms with Gasteiger partial charge in [-0.2, -0.15) is 4.31 Å². The van der Waals surface area contributed by atoms with E-state index in [9.17, 15) is 33.2 Å². The molecule has 3 aromatic rings. The first-order chi connectivity index (χ1) is 28.7. The van der Waals surface area contributed by atoms with Gasteiger partial charge in [-0.1, -0.05) is 88.2 Å². The van der Waals surface area contributed by atoms with E-state index in [1.54, 1.807) is 0 Å². The maximum atomic E-state index is 14.0. The molecular weight excluding hydrogens is 824 g/mol. The van der Waals surface area contributed by atoms with Gasteiger partial charge in [0.2, 0.25) is 0 Å². The van der Waals surface area contributed by atoms with E-state index in [2.05, 4.69) is 21.9 Å². The van der Waals surface area contributed by atoms with Crippen molar-refractivity contribution in [2.45, 2.75) is 117 Å². The van der Waals surface area contributed by atoms with Gasteiger partial charge in [-0.25, -0.2) is 13.9 Å². The number of aromatic nitrogens is 2. The summed E-state index contributed by atoms with van der Waals surface area (Å²) in [7, 11) is -10.3. The Labute approximate surface area is 346 Å². The average Bonchev–Trinajstić information content (AvgIpc) is 3.62. The van der Waals surface area contributed by atoms with Crippen LogP contribution in [0.1, 0.15) is 107 Å². The number of aromatic amines is 1. The first-order valence-electron chi connectivity index (χ1n) is 19.6. The first-order valence-corrected chi connectivity index (χ1v) is 22.6. The van der Waals surface area contributed by atoms with Crippen LogP contribution in [0.5, 0.6) is 11.5 Å². The van der Waals surface area contributed by atoms with E-state index in [4.69, 9.17) is 37.6 Å². The zero-order chi connectivity index (χ0) is 43.5. The Morgan fingerprint density at radius 1 is 0.833 bits per heavy atom. The standard InChI is InChI=1S/C39H51N5O14P2/c1-4-6-8-9-10-11-12-14-37(46)56-32-21-17-30(18-22-32)26-54-60(51,53-25-29-15-19-31(20-16-29)55-36(45)13-7-5-2)58-59(49,50)52-27-34-33(42-43-40)23-35(57-34)44-24-28(3)38(47)41-39(44)48/h15-24,34-35H,4-14,25-27H2,1-3H3,(H,49,50)(H,41,47,48)/t34?,35-,60?/m1/s1. The molecule has 0 bridgehead atoms. The van der Waals surface area contributed by atoms with Crippen molar-refractivity contribution in [3.8, 4) is 11.5 Å². The molecule has 19 nitrogen and oxygen atoms in total. The summed E-state index contributed by atoms with van der Waals surface area (Å²) in [5.41, 5.74) is 8.49. The van der Waals surface area contributed by atoms with Gasteiger partial charge in [0, 0.05) is 35.2 Å². The van der Waals surface area contributed by atoms with Crippen LogP contribution in [0.25, 0.3) is 10.4 Å². The molecule has 2 heterocycles. The van der Waals surface area contributed by atoms with Crippen LogP contribution in [0.15, 0.2) is 81.2 Å². The van der Waals surface area contributed by atoms with Gasteiger partial charge in [-0.15, -0.1) is 0 Å². The van der Waals surface area contributed by atoms with E-state index < -0.39 is 65.0 Å². The fraction of sp³-hybridized carbons (Fsp3) is 0.487. The molecule has 0 aliphatic carbocycles. The zero-order valence-electron chi connectivity index (χ0n) is 33.8. The lowest BCUT2D eigenvalue weighted by molar-refractivity contribution is -0.135. The number of unbranched alkanes of at least 4 members (excludes halogenated alkanes) is 7. The number of carbonyl (C=O) groups excluding carboxylic acids is 2. The number of carbonyl (C=O) groups is 2. The summed E-state index contributed by atoms with van der Waals surface area (Å²) in [4.78, 5) is 64.3. The second-order valence-corrected chi connectivity index (χ2v) is 17.1.